The van der Waals surface area contributed by atoms with Gasteiger partial charge in [-0.1, -0.05) is 30.9 Å². The Labute approximate surface area is 125 Å². The topological polar surface area (TPSA) is 71.5 Å². The molecule has 0 fully saturated rings. The lowest BCUT2D eigenvalue weighted by atomic mass is 10.3. The van der Waals surface area contributed by atoms with Crippen LogP contribution in [0.1, 0.15) is 0 Å². The highest BCUT2D eigenvalue weighted by atomic mass is 32.2. The van der Waals surface area contributed by atoms with Crippen molar-refractivity contribution >= 4 is 25.5 Å². The lowest BCUT2D eigenvalue weighted by molar-refractivity contribution is 0.597. The van der Waals surface area contributed by atoms with Crippen molar-refractivity contribution < 1.29 is 16.8 Å². The fraction of sp³-hybridized carbons (Fsp3) is 0.143. The zero-order chi connectivity index (χ0) is 16.1. The van der Waals surface area contributed by atoms with E-state index in [9.17, 15) is 16.8 Å². The van der Waals surface area contributed by atoms with Crippen molar-refractivity contribution in [1.82, 2.24) is 0 Å². The second-order valence-electron chi connectivity index (χ2n) is 4.08. The smallest absolute Gasteiger partial charge is 0.242 e. The van der Waals surface area contributed by atoms with Crippen molar-refractivity contribution in [3.05, 3.63) is 62.4 Å². The van der Waals surface area contributed by atoms with Crippen LogP contribution in [-0.4, -0.2) is 28.3 Å². The number of benzene rings is 1. The molecule has 114 valence electrons. The summed E-state index contributed by atoms with van der Waals surface area (Å²) < 4.78 is 49.6. The monoisotopic (exact) mass is 327 g/mol. The fourth-order valence-corrected chi connectivity index (χ4v) is 4.20. The van der Waals surface area contributed by atoms with E-state index in [-0.39, 0.29) is 22.1 Å². The van der Waals surface area contributed by atoms with Crippen molar-refractivity contribution in [3.8, 4) is 0 Å². The molecule has 0 unspecified atom stereocenters. The molecule has 0 atom stereocenters. The number of anilines is 1. The summed E-state index contributed by atoms with van der Waals surface area (Å²) in [5.41, 5.74) is 0.0381. The molecule has 0 amide bonds. The van der Waals surface area contributed by atoms with Gasteiger partial charge in [0.25, 0.3) is 0 Å². The number of nitrogens with zero attached hydrogens (tertiary/aromatic N) is 1. The molecule has 7 heteroatoms. The van der Waals surface area contributed by atoms with Crippen LogP contribution in [0.25, 0.3) is 0 Å². The normalized spacial score (nSPS) is 11.6. The Morgan fingerprint density at radius 2 is 1.52 bits per heavy atom. The van der Waals surface area contributed by atoms with Gasteiger partial charge in [0.1, 0.15) is 0 Å². The van der Waals surface area contributed by atoms with E-state index in [0.717, 1.165) is 10.5 Å². The van der Waals surface area contributed by atoms with Crippen LogP contribution in [-0.2, 0) is 19.9 Å². The van der Waals surface area contributed by atoms with Crippen LogP contribution in [0.4, 0.5) is 5.69 Å². The van der Waals surface area contributed by atoms with E-state index in [0.29, 0.717) is 0 Å². The number of para-hydroxylation sites is 1. The quantitative estimate of drug-likeness (QED) is 0.686. The van der Waals surface area contributed by atoms with E-state index in [1.807, 2.05) is 0 Å². The number of hydrogen-bond acceptors (Lipinski definition) is 4. The molecule has 0 radical (unpaired) electrons. The van der Waals surface area contributed by atoms with E-state index in [1.165, 1.54) is 30.4 Å². The van der Waals surface area contributed by atoms with Gasteiger partial charge in [0.05, 0.1) is 22.1 Å². The first kappa shape index (κ1) is 17.2. The van der Waals surface area contributed by atoms with Crippen LogP contribution >= 0.6 is 0 Å². The zero-order valence-corrected chi connectivity index (χ0v) is 13.1. The first-order chi connectivity index (χ1) is 9.80. The van der Waals surface area contributed by atoms with Crippen LogP contribution < -0.4 is 4.31 Å². The predicted octanol–water partition coefficient (Wildman–Crippen LogP) is 2.11. The Morgan fingerprint density at radius 1 is 0.952 bits per heavy atom. The minimum absolute atomic E-state index is 0.0381. The molecule has 1 aromatic rings. The molecule has 0 aliphatic rings. The Balaban J connectivity index is 3.53. The second kappa shape index (κ2) is 6.73. The van der Waals surface area contributed by atoms with Crippen LogP contribution in [0.5, 0.6) is 0 Å². The second-order valence-corrected chi connectivity index (χ2v) is 7.98. The maximum atomic E-state index is 12.2. The summed E-state index contributed by atoms with van der Waals surface area (Å²) in [6.45, 7) is 10.2. The van der Waals surface area contributed by atoms with Crippen LogP contribution in [0.2, 0.25) is 0 Å². The number of sulfone groups is 1. The summed E-state index contributed by atoms with van der Waals surface area (Å²) in [5, 5.41) is 0. The SMILES string of the molecule is C=CCS(=O)(=O)c1ccccc1N(C=C)S(=O)(=O)CC=C. The molecule has 0 aliphatic carbocycles. The standard InChI is InChI=1S/C14H17NO4S2/c1-4-11-20(16,17)14-10-8-7-9-13(14)15(6-3)21(18,19)12-5-2/h4-10H,1-3,11-12H2. The van der Waals surface area contributed by atoms with Gasteiger partial charge in [-0.05, 0) is 12.1 Å². The first-order valence-electron chi connectivity index (χ1n) is 5.98. The minimum Gasteiger partial charge on any atom is -0.245 e. The van der Waals surface area contributed by atoms with Gasteiger partial charge in [-0.25, -0.2) is 21.1 Å². The fourth-order valence-electron chi connectivity index (χ4n) is 1.74. The highest BCUT2D eigenvalue weighted by molar-refractivity contribution is 7.93. The molecule has 0 N–H and O–H groups in total. The molecule has 0 heterocycles. The van der Waals surface area contributed by atoms with Gasteiger partial charge in [-0.3, -0.25) is 0 Å². The maximum Gasteiger partial charge on any atom is 0.242 e. The molecule has 0 aromatic heterocycles. The zero-order valence-electron chi connectivity index (χ0n) is 11.5. The van der Waals surface area contributed by atoms with Crippen molar-refractivity contribution in [2.75, 3.05) is 15.8 Å². The predicted molar refractivity (Wildman–Crippen MR) is 85.4 cm³/mol. The third-order valence-corrected chi connectivity index (χ3v) is 5.86. The summed E-state index contributed by atoms with van der Waals surface area (Å²) in [5.74, 6) is -0.606. The Hall–Kier alpha value is -1.86. The lowest BCUT2D eigenvalue weighted by Gasteiger charge is -2.21. The highest BCUT2D eigenvalue weighted by Gasteiger charge is 2.25. The summed E-state index contributed by atoms with van der Waals surface area (Å²) in [7, 11) is -7.44. The van der Waals surface area contributed by atoms with Crippen molar-refractivity contribution in [1.29, 1.82) is 0 Å². The maximum absolute atomic E-state index is 12.2. The third kappa shape index (κ3) is 3.83. The molecular formula is C14H17NO4S2. The molecular weight excluding hydrogens is 310 g/mol. The van der Waals surface area contributed by atoms with Gasteiger partial charge in [0, 0.05) is 6.20 Å². The minimum atomic E-state index is -3.77. The molecule has 21 heavy (non-hydrogen) atoms. The van der Waals surface area contributed by atoms with Crippen LogP contribution in [0.3, 0.4) is 0 Å². The van der Waals surface area contributed by atoms with Crippen LogP contribution in [0.15, 0.2) is 67.2 Å². The van der Waals surface area contributed by atoms with E-state index in [1.54, 1.807) is 6.07 Å². The average Bonchev–Trinajstić information content (AvgIpc) is 2.39. The van der Waals surface area contributed by atoms with E-state index in [4.69, 9.17) is 0 Å². The van der Waals surface area contributed by atoms with Gasteiger partial charge in [0.15, 0.2) is 9.84 Å². The Morgan fingerprint density at radius 3 is 2.05 bits per heavy atom. The van der Waals surface area contributed by atoms with Gasteiger partial charge >= 0.3 is 0 Å². The lowest BCUT2D eigenvalue weighted by Crippen LogP contribution is -2.28. The van der Waals surface area contributed by atoms with E-state index >= 15 is 0 Å². The third-order valence-electron chi connectivity index (χ3n) is 2.57. The van der Waals surface area contributed by atoms with Gasteiger partial charge in [-0.2, -0.15) is 0 Å². The van der Waals surface area contributed by atoms with E-state index < -0.39 is 19.9 Å². The van der Waals surface area contributed by atoms with Crippen molar-refractivity contribution in [3.63, 3.8) is 0 Å². The van der Waals surface area contributed by atoms with E-state index in [2.05, 4.69) is 19.7 Å². The number of sulfonamides is 1. The molecule has 0 spiro atoms. The van der Waals surface area contributed by atoms with Gasteiger partial charge < -0.3 is 0 Å². The Bertz CT molecular complexity index is 749. The number of hydrogen-bond donors (Lipinski definition) is 0. The average molecular weight is 327 g/mol. The van der Waals surface area contributed by atoms with Gasteiger partial charge in [0.2, 0.25) is 10.0 Å². The molecule has 0 saturated heterocycles. The largest absolute Gasteiger partial charge is 0.245 e. The summed E-state index contributed by atoms with van der Waals surface area (Å²) in [6, 6.07) is 5.86. The summed E-state index contributed by atoms with van der Waals surface area (Å²) >= 11 is 0. The van der Waals surface area contributed by atoms with Crippen LogP contribution in [0, 0.1) is 0 Å². The summed E-state index contributed by atoms with van der Waals surface area (Å²) in [4.78, 5) is -0.0857. The van der Waals surface area contributed by atoms with Gasteiger partial charge in [-0.15, -0.1) is 13.2 Å². The molecule has 0 saturated carbocycles. The molecule has 0 aliphatic heterocycles. The first-order valence-corrected chi connectivity index (χ1v) is 9.24. The Kier molecular flexibility index (Phi) is 5.51. The molecule has 5 nitrogen and oxygen atoms in total. The van der Waals surface area contributed by atoms with Crippen molar-refractivity contribution in [2.45, 2.75) is 4.90 Å². The molecule has 0 bridgehead atoms. The summed E-state index contributed by atoms with van der Waals surface area (Å²) in [6.07, 6.45) is 3.55. The number of rotatable bonds is 8. The molecule has 1 aromatic carbocycles. The highest BCUT2D eigenvalue weighted by Crippen LogP contribution is 2.28. The molecule has 1 rings (SSSR count). The van der Waals surface area contributed by atoms with Crippen molar-refractivity contribution in [2.24, 2.45) is 0 Å².